The summed E-state index contributed by atoms with van der Waals surface area (Å²) < 4.78 is 20.7. The van der Waals surface area contributed by atoms with Crippen molar-refractivity contribution in [3.05, 3.63) is 30.5 Å². The molecule has 27 heavy (non-hydrogen) atoms. The van der Waals surface area contributed by atoms with Gasteiger partial charge in [0, 0.05) is 19.2 Å². The number of amides is 2. The van der Waals surface area contributed by atoms with Crippen LogP contribution in [0.15, 0.2) is 30.5 Å². The average Bonchev–Trinajstić information content (AvgIpc) is 2.66. The third-order valence-corrected chi connectivity index (χ3v) is 4.23. The zero-order valence-electron chi connectivity index (χ0n) is 15.9. The van der Waals surface area contributed by atoms with E-state index in [0.29, 0.717) is 36.0 Å². The van der Waals surface area contributed by atoms with Crippen molar-refractivity contribution < 1.29 is 28.5 Å². The highest BCUT2D eigenvalue weighted by atomic mass is 16.6. The lowest BCUT2D eigenvalue weighted by Gasteiger charge is -2.30. The molecule has 0 radical (unpaired) electrons. The number of allylic oxidation sites excluding steroid dienone is 1. The minimum absolute atomic E-state index is 0.197. The quantitative estimate of drug-likeness (QED) is 0.761. The van der Waals surface area contributed by atoms with Gasteiger partial charge in [-0.1, -0.05) is 6.58 Å². The van der Waals surface area contributed by atoms with E-state index in [0.717, 1.165) is 12.8 Å². The third-order valence-electron chi connectivity index (χ3n) is 4.23. The number of benzene rings is 1. The molecule has 1 N–H and O–H groups in total. The van der Waals surface area contributed by atoms with Crippen molar-refractivity contribution in [1.29, 1.82) is 0 Å². The van der Waals surface area contributed by atoms with Gasteiger partial charge in [0.2, 0.25) is 0 Å². The van der Waals surface area contributed by atoms with Crippen molar-refractivity contribution in [2.24, 2.45) is 5.92 Å². The molecule has 148 valence electrons. The average molecular weight is 378 g/mol. The van der Waals surface area contributed by atoms with Crippen molar-refractivity contribution >= 4 is 17.9 Å². The second-order valence-electron chi connectivity index (χ2n) is 6.29. The summed E-state index contributed by atoms with van der Waals surface area (Å²) in [5.41, 5.74) is 0.501. The van der Waals surface area contributed by atoms with Gasteiger partial charge in [-0.15, -0.1) is 0 Å². The molecule has 0 atom stereocenters. The SMILES string of the molecule is C=C(C)OC(=O)N1CCC(COC(=O)Nc2ccc(OC)cc2OC)CC1. The molecule has 1 fully saturated rings. The largest absolute Gasteiger partial charge is 0.497 e. The van der Waals surface area contributed by atoms with Crippen molar-refractivity contribution in [3.8, 4) is 11.5 Å². The number of nitrogens with one attached hydrogen (secondary N) is 1. The monoisotopic (exact) mass is 378 g/mol. The fourth-order valence-electron chi connectivity index (χ4n) is 2.74. The minimum atomic E-state index is -0.553. The Morgan fingerprint density at radius 2 is 1.93 bits per heavy atom. The van der Waals surface area contributed by atoms with Crippen LogP contribution in [0.3, 0.4) is 0 Å². The van der Waals surface area contributed by atoms with E-state index in [9.17, 15) is 9.59 Å². The van der Waals surface area contributed by atoms with Gasteiger partial charge in [0.15, 0.2) is 0 Å². The van der Waals surface area contributed by atoms with Crippen LogP contribution in [-0.2, 0) is 9.47 Å². The first-order valence-corrected chi connectivity index (χ1v) is 8.71. The predicted molar refractivity (Wildman–Crippen MR) is 100 cm³/mol. The molecule has 8 nitrogen and oxygen atoms in total. The number of likely N-dealkylation sites (tertiary alicyclic amines) is 1. The van der Waals surface area contributed by atoms with E-state index in [4.69, 9.17) is 18.9 Å². The van der Waals surface area contributed by atoms with Crippen LogP contribution in [0.4, 0.5) is 15.3 Å². The minimum Gasteiger partial charge on any atom is -0.497 e. The van der Waals surface area contributed by atoms with Crippen LogP contribution in [-0.4, -0.2) is 51.0 Å². The van der Waals surface area contributed by atoms with E-state index < -0.39 is 6.09 Å². The second kappa shape index (κ2) is 9.70. The van der Waals surface area contributed by atoms with Crippen molar-refractivity contribution in [2.45, 2.75) is 19.8 Å². The number of nitrogens with zero attached hydrogens (tertiary/aromatic N) is 1. The molecule has 1 saturated heterocycles. The van der Waals surface area contributed by atoms with Gasteiger partial charge >= 0.3 is 12.2 Å². The van der Waals surface area contributed by atoms with E-state index >= 15 is 0 Å². The standard InChI is InChI=1S/C19H26N2O6/c1-13(2)27-19(23)21-9-7-14(8-10-21)12-26-18(22)20-16-6-5-15(24-3)11-17(16)25-4/h5-6,11,14H,1,7-10,12H2,2-4H3,(H,20,22). The van der Waals surface area contributed by atoms with E-state index in [1.54, 1.807) is 37.1 Å². The first-order chi connectivity index (χ1) is 12.9. The summed E-state index contributed by atoms with van der Waals surface area (Å²) in [7, 11) is 3.07. The summed E-state index contributed by atoms with van der Waals surface area (Å²) in [4.78, 5) is 25.5. The molecule has 2 rings (SSSR count). The van der Waals surface area contributed by atoms with Crippen LogP contribution < -0.4 is 14.8 Å². The van der Waals surface area contributed by atoms with E-state index in [2.05, 4.69) is 11.9 Å². The molecule has 0 aliphatic carbocycles. The topological polar surface area (TPSA) is 86.3 Å². The van der Waals surface area contributed by atoms with Gasteiger partial charge in [0.25, 0.3) is 0 Å². The number of anilines is 1. The lowest BCUT2D eigenvalue weighted by Crippen LogP contribution is -2.39. The highest BCUT2D eigenvalue weighted by Crippen LogP contribution is 2.29. The highest BCUT2D eigenvalue weighted by Gasteiger charge is 2.25. The van der Waals surface area contributed by atoms with Crippen LogP contribution in [0.1, 0.15) is 19.8 Å². The Hall–Kier alpha value is -2.90. The van der Waals surface area contributed by atoms with Gasteiger partial charge in [-0.25, -0.2) is 9.59 Å². The molecule has 1 heterocycles. The Balaban J connectivity index is 1.77. The number of carbonyl (C=O) groups is 2. The third kappa shape index (κ3) is 6.09. The summed E-state index contributed by atoms with van der Waals surface area (Å²) in [5, 5.41) is 2.66. The molecule has 1 aliphatic heterocycles. The Bertz CT molecular complexity index is 683. The first kappa shape index (κ1) is 20.4. The highest BCUT2D eigenvalue weighted by molar-refractivity contribution is 5.87. The molecule has 8 heteroatoms. The maximum atomic E-state index is 12.1. The van der Waals surface area contributed by atoms with Crippen molar-refractivity contribution in [1.82, 2.24) is 4.90 Å². The van der Waals surface area contributed by atoms with Crippen LogP contribution >= 0.6 is 0 Å². The summed E-state index contributed by atoms with van der Waals surface area (Å²) in [6, 6.07) is 5.08. The number of piperidine rings is 1. The second-order valence-corrected chi connectivity index (χ2v) is 6.29. The van der Waals surface area contributed by atoms with Gasteiger partial charge in [-0.3, -0.25) is 5.32 Å². The summed E-state index contributed by atoms with van der Waals surface area (Å²) >= 11 is 0. The zero-order valence-corrected chi connectivity index (χ0v) is 15.9. The summed E-state index contributed by atoms with van der Waals surface area (Å²) in [5.74, 6) is 1.68. The fourth-order valence-corrected chi connectivity index (χ4v) is 2.74. The molecule has 1 aromatic rings. The number of hydrogen-bond acceptors (Lipinski definition) is 6. The number of carbonyl (C=O) groups excluding carboxylic acids is 2. The Kier molecular flexibility index (Phi) is 7.34. The summed E-state index contributed by atoms with van der Waals surface area (Å²) in [6.45, 7) is 6.61. The van der Waals surface area contributed by atoms with Gasteiger partial charge in [0.05, 0.1) is 32.3 Å². The van der Waals surface area contributed by atoms with E-state index in [1.807, 2.05) is 0 Å². The van der Waals surface area contributed by atoms with E-state index in [-0.39, 0.29) is 18.6 Å². The Morgan fingerprint density at radius 3 is 2.52 bits per heavy atom. The molecule has 1 aromatic carbocycles. The van der Waals surface area contributed by atoms with Gasteiger partial charge < -0.3 is 23.8 Å². The smallest absolute Gasteiger partial charge is 0.414 e. The Morgan fingerprint density at radius 1 is 1.22 bits per heavy atom. The lowest BCUT2D eigenvalue weighted by atomic mass is 9.98. The van der Waals surface area contributed by atoms with Crippen LogP contribution in [0.25, 0.3) is 0 Å². The van der Waals surface area contributed by atoms with Crippen LogP contribution in [0.2, 0.25) is 0 Å². The number of ether oxygens (including phenoxy) is 4. The van der Waals surface area contributed by atoms with Crippen LogP contribution in [0.5, 0.6) is 11.5 Å². The van der Waals surface area contributed by atoms with E-state index in [1.165, 1.54) is 7.11 Å². The molecule has 2 amide bonds. The fraction of sp³-hybridized carbons (Fsp3) is 0.474. The van der Waals surface area contributed by atoms with Crippen molar-refractivity contribution in [3.63, 3.8) is 0 Å². The summed E-state index contributed by atoms with van der Waals surface area (Å²) in [6.07, 6.45) is 0.545. The molecule has 0 aromatic heterocycles. The molecular formula is C19H26N2O6. The zero-order chi connectivity index (χ0) is 19.8. The van der Waals surface area contributed by atoms with Crippen molar-refractivity contribution in [2.75, 3.05) is 39.2 Å². The van der Waals surface area contributed by atoms with Gasteiger partial charge in [-0.05, 0) is 37.8 Å². The predicted octanol–water partition coefficient (Wildman–Crippen LogP) is 3.63. The Labute approximate surface area is 159 Å². The molecule has 0 spiro atoms. The number of methoxy groups -OCH3 is 2. The maximum absolute atomic E-state index is 12.1. The molecular weight excluding hydrogens is 352 g/mol. The molecule has 0 unspecified atom stereocenters. The maximum Gasteiger partial charge on any atom is 0.414 e. The van der Waals surface area contributed by atoms with Gasteiger partial charge in [0.1, 0.15) is 11.5 Å². The number of rotatable bonds is 6. The number of hydrogen-bond donors (Lipinski definition) is 1. The first-order valence-electron chi connectivity index (χ1n) is 8.71. The molecule has 0 bridgehead atoms. The van der Waals surface area contributed by atoms with Crippen LogP contribution in [0, 0.1) is 5.92 Å². The lowest BCUT2D eigenvalue weighted by molar-refractivity contribution is 0.0881. The molecule has 0 saturated carbocycles. The molecule has 1 aliphatic rings. The van der Waals surface area contributed by atoms with Gasteiger partial charge in [-0.2, -0.15) is 0 Å². The normalized spacial score (nSPS) is 14.3.